The molecule has 37 heavy (non-hydrogen) atoms. The first-order chi connectivity index (χ1) is 17.7. The molecule has 0 N–H and O–H groups in total. The summed E-state index contributed by atoms with van der Waals surface area (Å²) in [5, 5.41) is 1.15. The molecule has 0 unspecified atom stereocenters. The number of imide groups is 1. The van der Waals surface area contributed by atoms with Crippen LogP contribution in [-0.4, -0.2) is 24.5 Å². The standard InChI is InChI=1S/C28H20INO5S2/c1-18-6-13-22(14-7-18)37(33,34)35-25-15-10-20-4-2-3-5-23(20)24(25)16-26-27(31)30(28(32)36-26)17-19-8-11-21(29)12-9-19/h2-16H,17H2,1H3/b26-16-. The maximum Gasteiger partial charge on any atom is 0.339 e. The molecule has 0 bridgehead atoms. The Morgan fingerprint density at radius 2 is 1.62 bits per heavy atom. The number of halogens is 1. The Morgan fingerprint density at radius 1 is 0.919 bits per heavy atom. The van der Waals surface area contributed by atoms with E-state index >= 15 is 0 Å². The molecule has 186 valence electrons. The van der Waals surface area contributed by atoms with Gasteiger partial charge in [0.1, 0.15) is 4.90 Å². The lowest BCUT2D eigenvalue weighted by atomic mass is 10.0. The van der Waals surface area contributed by atoms with Crippen LogP contribution in [0.4, 0.5) is 4.79 Å². The Bertz CT molecular complexity index is 1660. The van der Waals surface area contributed by atoms with Crippen molar-refractivity contribution in [3.8, 4) is 5.75 Å². The molecular weight excluding hydrogens is 621 g/mol. The number of hydrogen-bond acceptors (Lipinski definition) is 6. The van der Waals surface area contributed by atoms with Crippen molar-refractivity contribution in [2.75, 3.05) is 0 Å². The minimum absolute atomic E-state index is 0.0232. The van der Waals surface area contributed by atoms with Gasteiger partial charge in [0.25, 0.3) is 11.1 Å². The third kappa shape index (κ3) is 5.43. The molecule has 2 amide bonds. The highest BCUT2D eigenvalue weighted by molar-refractivity contribution is 14.1. The van der Waals surface area contributed by atoms with Crippen molar-refractivity contribution < 1.29 is 22.2 Å². The Labute approximate surface area is 232 Å². The van der Waals surface area contributed by atoms with E-state index < -0.39 is 16.0 Å². The predicted molar refractivity (Wildman–Crippen MR) is 154 cm³/mol. The predicted octanol–water partition coefficient (Wildman–Crippen LogP) is 6.76. The van der Waals surface area contributed by atoms with Gasteiger partial charge in [-0.15, -0.1) is 0 Å². The Hall–Kier alpha value is -3.15. The van der Waals surface area contributed by atoms with Crippen molar-refractivity contribution in [2.24, 2.45) is 0 Å². The number of carbonyl (C=O) groups excluding carboxylic acids is 2. The second kappa shape index (κ2) is 10.3. The molecule has 1 heterocycles. The highest BCUT2D eigenvalue weighted by Crippen LogP contribution is 2.38. The molecule has 0 atom stereocenters. The fourth-order valence-corrected chi connectivity index (χ4v) is 6.04. The van der Waals surface area contributed by atoms with Gasteiger partial charge in [-0.05, 0) is 94.0 Å². The molecule has 0 saturated carbocycles. The Morgan fingerprint density at radius 3 is 2.35 bits per heavy atom. The second-order valence-corrected chi connectivity index (χ2v) is 12.2. The van der Waals surface area contributed by atoms with E-state index in [0.29, 0.717) is 10.9 Å². The molecule has 5 rings (SSSR count). The molecule has 9 heteroatoms. The van der Waals surface area contributed by atoms with Crippen LogP contribution < -0.4 is 4.18 Å². The maximum absolute atomic E-state index is 13.2. The van der Waals surface area contributed by atoms with Crippen LogP contribution in [0, 0.1) is 10.5 Å². The number of fused-ring (bicyclic) bond motifs is 1. The summed E-state index contributed by atoms with van der Waals surface area (Å²) in [5.41, 5.74) is 2.17. The zero-order chi connectivity index (χ0) is 26.2. The monoisotopic (exact) mass is 641 g/mol. The number of benzene rings is 4. The summed E-state index contributed by atoms with van der Waals surface area (Å²) >= 11 is 3.02. The average Bonchev–Trinajstić information content (AvgIpc) is 3.14. The minimum atomic E-state index is -4.13. The highest BCUT2D eigenvalue weighted by Gasteiger charge is 2.35. The van der Waals surface area contributed by atoms with Crippen molar-refractivity contribution in [1.29, 1.82) is 0 Å². The zero-order valence-electron chi connectivity index (χ0n) is 19.6. The number of hydrogen-bond donors (Lipinski definition) is 0. The van der Waals surface area contributed by atoms with Crippen LogP contribution in [0.5, 0.6) is 5.75 Å². The van der Waals surface area contributed by atoms with Crippen LogP contribution >= 0.6 is 34.4 Å². The average molecular weight is 642 g/mol. The largest absolute Gasteiger partial charge is 0.378 e. The summed E-state index contributed by atoms with van der Waals surface area (Å²) in [6, 6.07) is 24.7. The molecule has 4 aromatic rings. The van der Waals surface area contributed by atoms with Gasteiger partial charge in [0.15, 0.2) is 5.75 Å². The number of thioether (sulfide) groups is 1. The van der Waals surface area contributed by atoms with E-state index in [0.717, 1.165) is 31.8 Å². The number of nitrogens with zero attached hydrogens (tertiary/aromatic N) is 1. The first kappa shape index (κ1) is 25.5. The van der Waals surface area contributed by atoms with Gasteiger partial charge in [-0.1, -0.05) is 60.2 Å². The lowest BCUT2D eigenvalue weighted by Gasteiger charge is -2.13. The number of aryl methyl sites for hydroxylation is 1. The van der Waals surface area contributed by atoms with Crippen molar-refractivity contribution in [3.05, 3.63) is 110 Å². The summed E-state index contributed by atoms with van der Waals surface area (Å²) in [7, 11) is -4.13. The van der Waals surface area contributed by atoms with E-state index in [9.17, 15) is 18.0 Å². The molecule has 4 aromatic carbocycles. The molecule has 6 nitrogen and oxygen atoms in total. The van der Waals surface area contributed by atoms with Crippen molar-refractivity contribution >= 4 is 72.5 Å². The van der Waals surface area contributed by atoms with E-state index in [1.165, 1.54) is 17.0 Å². The third-order valence-corrected chi connectivity index (χ3v) is 8.72. The van der Waals surface area contributed by atoms with Gasteiger partial charge >= 0.3 is 10.1 Å². The Kier molecular flexibility index (Phi) is 7.11. The van der Waals surface area contributed by atoms with E-state index in [1.54, 1.807) is 30.3 Å². The SMILES string of the molecule is Cc1ccc(S(=O)(=O)Oc2ccc3ccccc3c2/C=C2\SC(=O)N(Cc3ccc(I)cc3)C2=O)cc1. The van der Waals surface area contributed by atoms with Crippen LogP contribution in [-0.2, 0) is 21.5 Å². The van der Waals surface area contributed by atoms with E-state index in [4.69, 9.17) is 4.18 Å². The van der Waals surface area contributed by atoms with Crippen LogP contribution in [0.2, 0.25) is 0 Å². The number of carbonyl (C=O) groups is 2. The zero-order valence-corrected chi connectivity index (χ0v) is 23.3. The van der Waals surface area contributed by atoms with E-state index in [2.05, 4.69) is 22.6 Å². The molecule has 1 aliphatic heterocycles. The van der Waals surface area contributed by atoms with Crippen LogP contribution in [0.3, 0.4) is 0 Å². The normalized spacial score (nSPS) is 15.1. The lowest BCUT2D eigenvalue weighted by molar-refractivity contribution is -0.123. The fraction of sp³-hybridized carbons (Fsp3) is 0.0714. The Balaban J connectivity index is 1.53. The van der Waals surface area contributed by atoms with Crippen LogP contribution in [0.1, 0.15) is 16.7 Å². The van der Waals surface area contributed by atoms with Gasteiger partial charge in [-0.3, -0.25) is 14.5 Å². The summed E-state index contributed by atoms with van der Waals surface area (Å²) in [5.74, 6) is -0.363. The molecule has 1 aliphatic rings. The smallest absolute Gasteiger partial charge is 0.339 e. The van der Waals surface area contributed by atoms with Gasteiger partial charge < -0.3 is 4.18 Å². The molecule has 1 saturated heterocycles. The molecule has 0 aliphatic carbocycles. The molecule has 0 aromatic heterocycles. The summed E-state index contributed by atoms with van der Waals surface area (Å²) < 4.78 is 32.7. The van der Waals surface area contributed by atoms with Gasteiger partial charge in [0, 0.05) is 9.13 Å². The molecule has 1 fully saturated rings. The van der Waals surface area contributed by atoms with Crippen LogP contribution in [0.25, 0.3) is 16.8 Å². The first-order valence-electron chi connectivity index (χ1n) is 11.2. The maximum atomic E-state index is 13.2. The molecule has 0 radical (unpaired) electrons. The van der Waals surface area contributed by atoms with Crippen molar-refractivity contribution in [3.63, 3.8) is 0 Å². The van der Waals surface area contributed by atoms with E-state index in [1.807, 2.05) is 55.5 Å². The quantitative estimate of drug-likeness (QED) is 0.132. The molecular formula is C28H20INO5S2. The van der Waals surface area contributed by atoms with E-state index in [-0.39, 0.29) is 27.3 Å². The first-order valence-corrected chi connectivity index (χ1v) is 14.5. The van der Waals surface area contributed by atoms with Crippen molar-refractivity contribution in [1.82, 2.24) is 4.90 Å². The minimum Gasteiger partial charge on any atom is -0.378 e. The lowest BCUT2D eigenvalue weighted by Crippen LogP contribution is -2.27. The molecule has 0 spiro atoms. The van der Waals surface area contributed by atoms with Gasteiger partial charge in [-0.25, -0.2) is 0 Å². The van der Waals surface area contributed by atoms with Gasteiger partial charge in [-0.2, -0.15) is 8.42 Å². The number of rotatable bonds is 6. The topological polar surface area (TPSA) is 80.8 Å². The van der Waals surface area contributed by atoms with Crippen molar-refractivity contribution in [2.45, 2.75) is 18.4 Å². The summed E-state index contributed by atoms with van der Waals surface area (Å²) in [6.45, 7) is 2.02. The third-order valence-electron chi connectivity index (χ3n) is 5.84. The highest BCUT2D eigenvalue weighted by atomic mass is 127. The fourth-order valence-electron chi connectivity index (χ4n) is 3.91. The second-order valence-electron chi connectivity index (χ2n) is 8.44. The summed E-state index contributed by atoms with van der Waals surface area (Å²) in [4.78, 5) is 27.4. The van der Waals surface area contributed by atoms with Crippen LogP contribution in [0.15, 0.2) is 94.7 Å². The summed E-state index contributed by atoms with van der Waals surface area (Å²) in [6.07, 6.45) is 1.54. The van der Waals surface area contributed by atoms with Gasteiger partial charge in [0.05, 0.1) is 11.4 Å². The van der Waals surface area contributed by atoms with Gasteiger partial charge in [0.2, 0.25) is 0 Å². The number of amides is 2.